The molecule has 1 heterocycles. The van der Waals surface area contributed by atoms with Gasteiger partial charge in [0.1, 0.15) is 5.75 Å². The van der Waals surface area contributed by atoms with E-state index < -0.39 is 5.97 Å². The number of benzene rings is 3. The first-order valence-electron chi connectivity index (χ1n) is 9.06. The molecule has 144 valence electrons. The lowest BCUT2D eigenvalue weighted by atomic mass is 10.00. The molecule has 6 nitrogen and oxygen atoms in total. The molecule has 0 saturated heterocycles. The summed E-state index contributed by atoms with van der Waals surface area (Å²) in [5.41, 5.74) is 9.75. The van der Waals surface area contributed by atoms with Gasteiger partial charge in [-0.15, -0.1) is 0 Å². The van der Waals surface area contributed by atoms with Crippen molar-refractivity contribution in [1.82, 2.24) is 4.57 Å². The van der Waals surface area contributed by atoms with Crippen LogP contribution in [0.5, 0.6) is 5.75 Å². The fourth-order valence-corrected chi connectivity index (χ4v) is 3.35. The van der Waals surface area contributed by atoms with Crippen molar-refractivity contribution < 1.29 is 14.7 Å². The van der Waals surface area contributed by atoms with Gasteiger partial charge in [-0.3, -0.25) is 4.57 Å². The second kappa shape index (κ2) is 7.52. The van der Waals surface area contributed by atoms with E-state index in [4.69, 9.17) is 10.6 Å². The average molecular weight is 385 g/mol. The molecule has 0 atom stereocenters. The summed E-state index contributed by atoms with van der Waals surface area (Å²) in [5.74, 6) is -0.455. The molecule has 0 fully saturated rings. The third kappa shape index (κ3) is 3.43. The highest BCUT2D eigenvalue weighted by Gasteiger charge is 2.18. The maximum atomic E-state index is 11.2. The van der Waals surface area contributed by atoms with Gasteiger partial charge in [0.15, 0.2) is 0 Å². The molecule has 0 aliphatic rings. The first-order chi connectivity index (χ1) is 14.1. The van der Waals surface area contributed by atoms with Crippen molar-refractivity contribution in [3.63, 3.8) is 0 Å². The highest BCUT2D eigenvalue weighted by atomic mass is 16.7. The third-order valence-corrected chi connectivity index (χ3v) is 4.60. The van der Waals surface area contributed by atoms with Crippen LogP contribution in [-0.4, -0.2) is 21.6 Å². The van der Waals surface area contributed by atoms with Crippen molar-refractivity contribution in [3.8, 4) is 28.1 Å². The van der Waals surface area contributed by atoms with Gasteiger partial charge in [-0.1, -0.05) is 60.7 Å². The van der Waals surface area contributed by atoms with Crippen molar-refractivity contribution in [2.45, 2.75) is 6.92 Å². The molecule has 3 N–H and O–H groups in total. The number of carbonyl (C=O) groups is 1. The molecule has 3 aromatic carbocycles. The number of fused-ring (bicyclic) bond motifs is 1. The van der Waals surface area contributed by atoms with E-state index in [9.17, 15) is 9.90 Å². The van der Waals surface area contributed by atoms with E-state index in [1.807, 2.05) is 78.9 Å². The van der Waals surface area contributed by atoms with Crippen molar-refractivity contribution in [2.24, 2.45) is 10.9 Å². The van der Waals surface area contributed by atoms with Crippen LogP contribution >= 0.6 is 0 Å². The summed E-state index contributed by atoms with van der Waals surface area (Å²) in [7, 11) is 0. The summed E-state index contributed by atoms with van der Waals surface area (Å²) in [6.45, 7) is 1.25. The van der Waals surface area contributed by atoms with Crippen molar-refractivity contribution >= 4 is 22.8 Å². The van der Waals surface area contributed by atoms with E-state index in [-0.39, 0.29) is 11.7 Å². The quantitative estimate of drug-likeness (QED) is 0.238. The molecule has 0 bridgehead atoms. The Morgan fingerprint density at radius 2 is 1.66 bits per heavy atom. The van der Waals surface area contributed by atoms with Crippen molar-refractivity contribution in [2.75, 3.05) is 0 Å². The number of aromatic nitrogens is 1. The zero-order chi connectivity index (χ0) is 20.4. The summed E-state index contributed by atoms with van der Waals surface area (Å²) in [4.78, 5) is 15.9. The van der Waals surface area contributed by atoms with Crippen molar-refractivity contribution in [1.29, 1.82) is 0 Å². The van der Waals surface area contributed by atoms with Crippen LogP contribution in [0.1, 0.15) is 6.92 Å². The Balaban J connectivity index is 1.94. The van der Waals surface area contributed by atoms with Gasteiger partial charge in [-0.05, 0) is 28.9 Å². The van der Waals surface area contributed by atoms with Crippen LogP contribution in [0.2, 0.25) is 0 Å². The molecular weight excluding hydrogens is 366 g/mol. The Labute approximate surface area is 167 Å². The summed E-state index contributed by atoms with van der Waals surface area (Å²) < 4.78 is 1.65. The number of phenolic OH excluding ortho intramolecular Hbond substituents is 1. The third-order valence-electron chi connectivity index (χ3n) is 4.60. The van der Waals surface area contributed by atoms with Gasteiger partial charge in [-0.25, -0.2) is 4.79 Å². The van der Waals surface area contributed by atoms with Crippen LogP contribution in [-0.2, 0) is 9.63 Å². The van der Waals surface area contributed by atoms with E-state index in [0.717, 1.165) is 16.5 Å². The number of carbonyl (C=O) groups excluding carboxylic acids is 1. The standard InChI is InChI=1S/C23H19N3O3/c1-15(27)29-25-23(24)26-20-13-6-5-10-17(20)14-21(26)19-12-7-11-18(22(19)28)16-8-3-2-4-9-16/h2-14,28H,1H3,(H2,24,25). The number of rotatable bonds is 3. The predicted octanol–water partition coefficient (Wildman–Crippen LogP) is 4.32. The maximum absolute atomic E-state index is 11.2. The van der Waals surface area contributed by atoms with E-state index in [1.54, 1.807) is 4.57 Å². The average Bonchev–Trinajstić information content (AvgIpc) is 3.12. The Morgan fingerprint density at radius 1 is 0.966 bits per heavy atom. The summed E-state index contributed by atoms with van der Waals surface area (Å²) >= 11 is 0. The lowest BCUT2D eigenvalue weighted by Crippen LogP contribution is -2.23. The van der Waals surface area contributed by atoms with Gasteiger partial charge in [0.25, 0.3) is 0 Å². The highest BCUT2D eigenvalue weighted by Crippen LogP contribution is 2.39. The molecule has 0 saturated carbocycles. The number of oxime groups is 1. The summed E-state index contributed by atoms with van der Waals surface area (Å²) in [6.07, 6.45) is 0. The lowest BCUT2D eigenvalue weighted by Gasteiger charge is -2.13. The highest BCUT2D eigenvalue weighted by molar-refractivity contribution is 6.00. The van der Waals surface area contributed by atoms with Crippen LogP contribution in [0.3, 0.4) is 0 Å². The number of hydrogen-bond acceptors (Lipinski definition) is 4. The second-order valence-electron chi connectivity index (χ2n) is 6.52. The molecule has 6 heteroatoms. The van der Waals surface area contributed by atoms with E-state index in [0.29, 0.717) is 16.8 Å². The maximum Gasteiger partial charge on any atom is 0.332 e. The number of nitrogens with zero attached hydrogens (tertiary/aromatic N) is 2. The summed E-state index contributed by atoms with van der Waals surface area (Å²) in [6, 6.07) is 24.7. The molecule has 0 radical (unpaired) electrons. The smallest absolute Gasteiger partial charge is 0.332 e. The molecule has 0 aliphatic heterocycles. The van der Waals surface area contributed by atoms with Crippen LogP contribution in [0.25, 0.3) is 33.3 Å². The first kappa shape index (κ1) is 18.3. The Hall–Kier alpha value is -4.06. The van der Waals surface area contributed by atoms with E-state index >= 15 is 0 Å². The molecule has 0 spiro atoms. The van der Waals surface area contributed by atoms with Gasteiger partial charge in [-0.2, -0.15) is 0 Å². The zero-order valence-corrected chi connectivity index (χ0v) is 15.7. The second-order valence-corrected chi connectivity index (χ2v) is 6.52. The molecule has 4 rings (SSSR count). The number of phenols is 1. The molecule has 0 amide bonds. The Bertz CT molecular complexity index is 1230. The SMILES string of the molecule is CC(=O)O/N=C(\N)n1c(-c2cccc(-c3ccccc3)c2O)cc2ccccc21. The minimum absolute atomic E-state index is 0.0130. The number of aromatic hydroxyl groups is 1. The van der Waals surface area contributed by atoms with Gasteiger partial charge < -0.3 is 15.7 Å². The largest absolute Gasteiger partial charge is 0.507 e. The Kier molecular flexibility index (Phi) is 4.75. The summed E-state index contributed by atoms with van der Waals surface area (Å²) in [5, 5.41) is 15.7. The minimum Gasteiger partial charge on any atom is -0.507 e. The van der Waals surface area contributed by atoms with Crippen LogP contribution in [0.4, 0.5) is 0 Å². The predicted molar refractivity (Wildman–Crippen MR) is 113 cm³/mol. The van der Waals surface area contributed by atoms with Crippen molar-refractivity contribution in [3.05, 3.63) is 78.9 Å². The van der Waals surface area contributed by atoms with Gasteiger partial charge in [0.2, 0.25) is 5.96 Å². The number of nitrogens with two attached hydrogens (primary N) is 1. The van der Waals surface area contributed by atoms with Gasteiger partial charge >= 0.3 is 5.97 Å². The number of para-hydroxylation sites is 2. The first-order valence-corrected chi connectivity index (χ1v) is 9.06. The van der Waals surface area contributed by atoms with Gasteiger partial charge in [0, 0.05) is 23.4 Å². The zero-order valence-electron chi connectivity index (χ0n) is 15.7. The van der Waals surface area contributed by atoms with Gasteiger partial charge in [0.05, 0.1) is 11.2 Å². The fraction of sp³-hybridized carbons (Fsp3) is 0.0435. The normalized spacial score (nSPS) is 11.6. The van der Waals surface area contributed by atoms with Crippen LogP contribution < -0.4 is 5.73 Å². The molecular formula is C23H19N3O3. The monoisotopic (exact) mass is 385 g/mol. The molecule has 1 aromatic heterocycles. The van der Waals surface area contributed by atoms with E-state index in [2.05, 4.69) is 5.16 Å². The van der Waals surface area contributed by atoms with Crippen LogP contribution in [0, 0.1) is 0 Å². The minimum atomic E-state index is -0.570. The fourth-order valence-electron chi connectivity index (χ4n) is 3.35. The lowest BCUT2D eigenvalue weighted by molar-refractivity contribution is -0.141. The molecule has 0 aliphatic carbocycles. The molecule has 4 aromatic rings. The van der Waals surface area contributed by atoms with E-state index in [1.165, 1.54) is 6.92 Å². The molecule has 0 unspecified atom stereocenters. The molecule has 29 heavy (non-hydrogen) atoms. The number of hydrogen-bond donors (Lipinski definition) is 2. The van der Waals surface area contributed by atoms with Crippen LogP contribution in [0.15, 0.2) is 84.0 Å². The topological polar surface area (TPSA) is 89.8 Å². The Morgan fingerprint density at radius 3 is 2.41 bits per heavy atom.